The SMILES string of the molecule is C[C@]12CCC(=O)N[C@@H]1CCC1=C3CC[C@H](C(=O)Sc4ccccn4)[C@@]3(C)CC[C@@H]12. The van der Waals surface area contributed by atoms with Gasteiger partial charge < -0.3 is 5.32 Å². The van der Waals surface area contributed by atoms with Gasteiger partial charge in [0, 0.05) is 24.6 Å². The van der Waals surface area contributed by atoms with Gasteiger partial charge in [-0.1, -0.05) is 31.1 Å². The number of thioether (sulfide) groups is 1. The second kappa shape index (κ2) is 6.97. The van der Waals surface area contributed by atoms with E-state index < -0.39 is 0 Å². The molecule has 0 spiro atoms. The highest BCUT2D eigenvalue weighted by Gasteiger charge is 2.56. The number of hydrogen-bond donors (Lipinski definition) is 1. The predicted octanol–water partition coefficient (Wildman–Crippen LogP) is 4.90. The maximum Gasteiger partial charge on any atom is 0.220 e. The highest BCUT2D eigenvalue weighted by atomic mass is 32.2. The summed E-state index contributed by atoms with van der Waals surface area (Å²) in [5.41, 5.74) is 3.42. The van der Waals surface area contributed by atoms with Crippen LogP contribution in [0.3, 0.4) is 0 Å². The molecule has 2 saturated carbocycles. The Morgan fingerprint density at radius 1 is 1.14 bits per heavy atom. The van der Waals surface area contributed by atoms with Crippen molar-refractivity contribution in [2.45, 2.75) is 76.3 Å². The number of nitrogens with one attached hydrogen (secondary N) is 1. The van der Waals surface area contributed by atoms with Crippen molar-refractivity contribution in [2.75, 3.05) is 0 Å². The van der Waals surface area contributed by atoms with Gasteiger partial charge >= 0.3 is 0 Å². The van der Waals surface area contributed by atoms with E-state index in [0.717, 1.165) is 50.0 Å². The zero-order chi connectivity index (χ0) is 20.2. The van der Waals surface area contributed by atoms with E-state index in [-0.39, 0.29) is 27.8 Å². The van der Waals surface area contributed by atoms with Crippen LogP contribution in [0.1, 0.15) is 65.2 Å². The van der Waals surface area contributed by atoms with Gasteiger partial charge in [0.2, 0.25) is 5.91 Å². The average molecular weight is 411 g/mol. The molecule has 0 unspecified atom stereocenters. The van der Waals surface area contributed by atoms with E-state index in [1.54, 1.807) is 17.3 Å². The Balaban J connectivity index is 1.43. The average Bonchev–Trinajstić information content (AvgIpc) is 3.06. The van der Waals surface area contributed by atoms with Crippen LogP contribution in [0.25, 0.3) is 0 Å². The molecule has 3 aliphatic carbocycles. The summed E-state index contributed by atoms with van der Waals surface area (Å²) in [6.45, 7) is 4.75. The Bertz CT molecular complexity index is 882. The molecule has 154 valence electrons. The molecule has 0 bridgehead atoms. The number of hydrogen-bond acceptors (Lipinski definition) is 4. The van der Waals surface area contributed by atoms with Crippen molar-refractivity contribution in [1.29, 1.82) is 0 Å². The molecule has 1 aromatic rings. The van der Waals surface area contributed by atoms with Crippen LogP contribution in [-0.4, -0.2) is 22.0 Å². The van der Waals surface area contributed by atoms with E-state index in [2.05, 4.69) is 24.1 Å². The summed E-state index contributed by atoms with van der Waals surface area (Å²) < 4.78 is 0. The van der Waals surface area contributed by atoms with Gasteiger partial charge in [-0.05, 0) is 85.6 Å². The van der Waals surface area contributed by atoms with Crippen molar-refractivity contribution in [3.05, 3.63) is 35.5 Å². The molecule has 4 aliphatic rings. The normalized spacial score (nSPS) is 38.7. The van der Waals surface area contributed by atoms with E-state index in [9.17, 15) is 9.59 Å². The summed E-state index contributed by atoms with van der Waals surface area (Å²) >= 11 is 1.32. The lowest BCUT2D eigenvalue weighted by atomic mass is 9.52. The summed E-state index contributed by atoms with van der Waals surface area (Å²) in [6.07, 6.45) is 9.82. The fourth-order valence-corrected chi connectivity index (χ4v) is 7.89. The van der Waals surface area contributed by atoms with Crippen LogP contribution in [0.2, 0.25) is 0 Å². The smallest absolute Gasteiger partial charge is 0.220 e. The monoisotopic (exact) mass is 410 g/mol. The second-order valence-corrected chi connectivity index (χ2v) is 10.9. The lowest BCUT2D eigenvalue weighted by Crippen LogP contribution is -2.57. The molecule has 1 amide bonds. The third kappa shape index (κ3) is 2.99. The van der Waals surface area contributed by atoms with E-state index in [4.69, 9.17) is 0 Å². The summed E-state index contributed by atoms with van der Waals surface area (Å²) in [6, 6.07) is 6.08. The van der Waals surface area contributed by atoms with Crippen LogP contribution < -0.4 is 5.32 Å². The Morgan fingerprint density at radius 2 is 2.00 bits per heavy atom. The number of carbonyl (C=O) groups excluding carboxylic acids is 2. The quantitative estimate of drug-likeness (QED) is 0.556. The molecule has 3 fully saturated rings. The Hall–Kier alpha value is -1.62. The van der Waals surface area contributed by atoms with Gasteiger partial charge in [-0.2, -0.15) is 0 Å². The van der Waals surface area contributed by atoms with Gasteiger partial charge in [-0.3, -0.25) is 9.59 Å². The van der Waals surface area contributed by atoms with Crippen molar-refractivity contribution >= 4 is 22.8 Å². The number of aromatic nitrogens is 1. The van der Waals surface area contributed by atoms with E-state index in [1.807, 2.05) is 18.2 Å². The van der Waals surface area contributed by atoms with Gasteiger partial charge in [-0.15, -0.1) is 0 Å². The number of amides is 1. The van der Waals surface area contributed by atoms with Crippen LogP contribution in [0.4, 0.5) is 0 Å². The number of rotatable bonds is 2. The first-order valence-corrected chi connectivity index (χ1v) is 11.9. The van der Waals surface area contributed by atoms with Gasteiger partial charge in [0.15, 0.2) is 5.12 Å². The van der Waals surface area contributed by atoms with Crippen molar-refractivity contribution < 1.29 is 9.59 Å². The van der Waals surface area contributed by atoms with E-state index in [1.165, 1.54) is 11.8 Å². The number of piperidine rings is 1. The van der Waals surface area contributed by atoms with Crippen LogP contribution in [0, 0.1) is 22.7 Å². The van der Waals surface area contributed by atoms with Crippen LogP contribution in [-0.2, 0) is 9.59 Å². The summed E-state index contributed by atoms with van der Waals surface area (Å²) in [4.78, 5) is 29.5. The molecular formula is C24H30N2O2S. The standard InChI is InChI=1S/C24H30N2O2S/c1-23-12-10-17-15(6-9-19-24(17,2)13-11-20(27)26-19)16(23)7-8-18(23)22(28)29-21-5-3-4-14-25-21/h3-5,14,17-19H,6-13H2,1-2H3,(H,26,27)/t17-,18+,19+,23-,24+/m0/s1. The molecule has 1 saturated heterocycles. The lowest BCUT2D eigenvalue weighted by molar-refractivity contribution is -0.128. The minimum Gasteiger partial charge on any atom is -0.353 e. The van der Waals surface area contributed by atoms with Gasteiger partial charge in [0.25, 0.3) is 0 Å². The molecule has 0 aromatic carbocycles. The van der Waals surface area contributed by atoms with Crippen molar-refractivity contribution in [3.8, 4) is 0 Å². The molecule has 2 heterocycles. The first-order chi connectivity index (χ1) is 13.9. The number of carbonyl (C=O) groups is 2. The third-order valence-corrected chi connectivity index (χ3v) is 9.49. The largest absolute Gasteiger partial charge is 0.353 e. The topological polar surface area (TPSA) is 59.1 Å². The number of nitrogens with zero attached hydrogens (tertiary/aromatic N) is 1. The molecule has 5 rings (SSSR count). The zero-order valence-corrected chi connectivity index (χ0v) is 18.2. The van der Waals surface area contributed by atoms with Crippen molar-refractivity contribution in [1.82, 2.24) is 10.3 Å². The molecule has 1 aromatic heterocycles. The molecule has 0 radical (unpaired) electrons. The Morgan fingerprint density at radius 3 is 2.79 bits per heavy atom. The fourth-order valence-electron chi connectivity index (χ4n) is 6.90. The molecule has 1 N–H and O–H groups in total. The summed E-state index contributed by atoms with van der Waals surface area (Å²) in [7, 11) is 0. The maximum absolute atomic E-state index is 13.2. The molecule has 29 heavy (non-hydrogen) atoms. The van der Waals surface area contributed by atoms with Crippen LogP contribution >= 0.6 is 11.8 Å². The highest BCUT2D eigenvalue weighted by Crippen LogP contribution is 2.63. The fraction of sp³-hybridized carbons (Fsp3) is 0.625. The third-order valence-electron chi connectivity index (χ3n) is 8.55. The highest BCUT2D eigenvalue weighted by molar-refractivity contribution is 8.13. The zero-order valence-electron chi connectivity index (χ0n) is 17.4. The molecular weight excluding hydrogens is 380 g/mol. The van der Waals surface area contributed by atoms with Crippen LogP contribution in [0.5, 0.6) is 0 Å². The van der Waals surface area contributed by atoms with Gasteiger partial charge in [0.05, 0.1) is 0 Å². The Kier molecular flexibility index (Phi) is 4.65. The van der Waals surface area contributed by atoms with E-state index >= 15 is 0 Å². The number of fused-ring (bicyclic) bond motifs is 4. The van der Waals surface area contributed by atoms with Crippen molar-refractivity contribution in [2.24, 2.45) is 22.7 Å². The van der Waals surface area contributed by atoms with Gasteiger partial charge in [-0.25, -0.2) is 4.98 Å². The summed E-state index contributed by atoms with van der Waals surface area (Å²) in [5.74, 6) is 0.888. The first-order valence-electron chi connectivity index (χ1n) is 11.1. The molecule has 5 atom stereocenters. The Labute approximate surface area is 177 Å². The second-order valence-electron chi connectivity index (χ2n) is 9.86. The van der Waals surface area contributed by atoms with Crippen LogP contribution in [0.15, 0.2) is 40.6 Å². The minimum atomic E-state index is 0.00576. The lowest BCUT2D eigenvalue weighted by Gasteiger charge is -2.55. The molecule has 1 aliphatic heterocycles. The molecule has 5 heteroatoms. The van der Waals surface area contributed by atoms with Gasteiger partial charge in [0.1, 0.15) is 5.03 Å². The van der Waals surface area contributed by atoms with Crippen molar-refractivity contribution in [3.63, 3.8) is 0 Å². The van der Waals surface area contributed by atoms with E-state index in [0.29, 0.717) is 18.4 Å². The number of pyridine rings is 1. The number of allylic oxidation sites excluding steroid dienone is 2. The predicted molar refractivity (Wildman–Crippen MR) is 114 cm³/mol. The first kappa shape index (κ1) is 19.3. The minimum absolute atomic E-state index is 0.00576. The maximum atomic E-state index is 13.2. The molecule has 4 nitrogen and oxygen atoms in total. The summed E-state index contributed by atoms with van der Waals surface area (Å²) in [5, 5.41) is 4.38.